The number of hydrogen-bond donors (Lipinski definition) is 2. The van der Waals surface area contributed by atoms with Crippen LogP contribution in [0.5, 0.6) is 5.75 Å². The summed E-state index contributed by atoms with van der Waals surface area (Å²) in [5, 5.41) is 13.0. The summed E-state index contributed by atoms with van der Waals surface area (Å²) in [5.41, 5.74) is 3.24. The Kier molecular flexibility index (Phi) is 6.21. The second kappa shape index (κ2) is 8.80. The fourth-order valence-corrected chi connectivity index (χ4v) is 3.03. The van der Waals surface area contributed by atoms with Gasteiger partial charge in [0.15, 0.2) is 5.78 Å². The lowest BCUT2D eigenvalue weighted by molar-refractivity contribution is 0.0982. The van der Waals surface area contributed by atoms with E-state index >= 15 is 0 Å². The van der Waals surface area contributed by atoms with Gasteiger partial charge in [0.25, 0.3) is 0 Å². The fourth-order valence-electron chi connectivity index (χ4n) is 3.03. The van der Waals surface area contributed by atoms with E-state index in [1.54, 1.807) is 37.4 Å². The largest absolute Gasteiger partial charge is 0.491 e. The average Bonchev–Trinajstić information content (AvgIpc) is 2.68. The summed E-state index contributed by atoms with van der Waals surface area (Å²) >= 11 is 0. The summed E-state index contributed by atoms with van der Waals surface area (Å²) in [4.78, 5) is 17.1. The van der Waals surface area contributed by atoms with Crippen LogP contribution < -0.4 is 10.1 Å². The molecular weight excluding hydrogens is 359 g/mol. The number of aliphatic hydroxyl groups is 1. The average molecular weight is 382 g/mol. The van der Waals surface area contributed by atoms with Gasteiger partial charge in [0.2, 0.25) is 0 Å². The molecule has 0 unspecified atom stereocenters. The lowest BCUT2D eigenvalue weighted by Crippen LogP contribution is -2.07. The number of nitrogens with one attached hydrogen (secondary N) is 1. The first-order valence-electron chi connectivity index (χ1n) is 9.26. The Bertz CT molecular complexity index is 1000. The summed E-state index contributed by atoms with van der Waals surface area (Å²) < 4.78 is 19.0. The van der Waals surface area contributed by atoms with Crippen LogP contribution in [-0.2, 0) is 0 Å². The summed E-state index contributed by atoms with van der Waals surface area (Å²) in [6, 6.07) is 9.83. The predicted octanol–water partition coefficient (Wildman–Crippen LogP) is 4.78. The Morgan fingerprint density at radius 1 is 1.25 bits per heavy atom. The highest BCUT2D eigenvalue weighted by atomic mass is 19.1. The van der Waals surface area contributed by atoms with E-state index in [1.165, 1.54) is 12.1 Å². The van der Waals surface area contributed by atoms with Gasteiger partial charge in [-0.3, -0.25) is 9.78 Å². The topological polar surface area (TPSA) is 71.5 Å². The van der Waals surface area contributed by atoms with E-state index in [-0.39, 0.29) is 24.8 Å². The fraction of sp³-hybridized carbons (Fsp3) is 0.273. The highest BCUT2D eigenvalue weighted by Crippen LogP contribution is 2.33. The number of ether oxygens (including phenoxy) is 1. The summed E-state index contributed by atoms with van der Waals surface area (Å²) in [6.07, 6.45) is 2.71. The van der Waals surface area contributed by atoms with Crippen LogP contribution in [-0.4, -0.2) is 29.1 Å². The number of halogens is 1. The van der Waals surface area contributed by atoms with Gasteiger partial charge in [0.1, 0.15) is 18.2 Å². The van der Waals surface area contributed by atoms with Crippen molar-refractivity contribution in [1.29, 1.82) is 0 Å². The van der Waals surface area contributed by atoms with Gasteiger partial charge in [-0.2, -0.15) is 0 Å². The number of anilines is 2. The van der Waals surface area contributed by atoms with Gasteiger partial charge in [-0.05, 0) is 55.3 Å². The minimum Gasteiger partial charge on any atom is -0.491 e. The molecule has 3 aromatic rings. The maximum absolute atomic E-state index is 13.5. The zero-order valence-corrected chi connectivity index (χ0v) is 16.0. The third-order valence-electron chi connectivity index (χ3n) is 4.43. The number of carbonyl (C=O) groups is 1. The van der Waals surface area contributed by atoms with Gasteiger partial charge >= 0.3 is 0 Å². The van der Waals surface area contributed by atoms with Crippen LogP contribution in [0.15, 0.2) is 42.6 Å². The Balaban J connectivity index is 2.15. The molecule has 6 heteroatoms. The third kappa shape index (κ3) is 4.28. The predicted molar refractivity (Wildman–Crippen MR) is 108 cm³/mol. The van der Waals surface area contributed by atoms with Gasteiger partial charge < -0.3 is 15.2 Å². The van der Waals surface area contributed by atoms with Crippen LogP contribution in [0.2, 0.25) is 0 Å². The van der Waals surface area contributed by atoms with Gasteiger partial charge in [-0.25, -0.2) is 4.39 Å². The number of aliphatic hydroxyl groups excluding tert-OH is 1. The van der Waals surface area contributed by atoms with E-state index < -0.39 is 0 Å². The molecule has 0 saturated heterocycles. The molecule has 0 amide bonds. The first-order valence-corrected chi connectivity index (χ1v) is 9.26. The standard InChI is InChI=1S/C22H23FN2O3/c1-3-4-21(27)18-13-24-20-8-6-16(28-10-9-26)12-17(20)22(18)25-19-7-5-15(23)11-14(19)2/h5-8,11-13,26H,3-4,9-10H2,1-2H3,(H,24,25). The van der Waals surface area contributed by atoms with Crippen molar-refractivity contribution >= 4 is 28.1 Å². The van der Waals surface area contributed by atoms with E-state index in [0.29, 0.717) is 34.6 Å². The molecule has 2 aromatic carbocycles. The smallest absolute Gasteiger partial charge is 0.166 e. The van der Waals surface area contributed by atoms with Crippen LogP contribution in [0.1, 0.15) is 35.7 Å². The number of aromatic nitrogens is 1. The molecule has 0 atom stereocenters. The SMILES string of the molecule is CCCC(=O)c1cnc2ccc(OCCO)cc2c1Nc1ccc(F)cc1C. The van der Waals surface area contributed by atoms with E-state index in [2.05, 4.69) is 10.3 Å². The highest BCUT2D eigenvalue weighted by molar-refractivity contribution is 6.09. The zero-order chi connectivity index (χ0) is 20.1. The molecule has 0 spiro atoms. The Morgan fingerprint density at radius 2 is 2.07 bits per heavy atom. The Morgan fingerprint density at radius 3 is 2.79 bits per heavy atom. The van der Waals surface area contributed by atoms with Crippen molar-refractivity contribution in [1.82, 2.24) is 4.98 Å². The molecule has 0 radical (unpaired) electrons. The third-order valence-corrected chi connectivity index (χ3v) is 4.43. The molecule has 0 saturated carbocycles. The first kappa shape index (κ1) is 19.8. The van der Waals surface area contributed by atoms with Crippen LogP contribution in [0, 0.1) is 12.7 Å². The second-order valence-electron chi connectivity index (χ2n) is 6.56. The molecule has 0 aliphatic heterocycles. The number of carbonyl (C=O) groups excluding carboxylic acids is 1. The maximum Gasteiger partial charge on any atom is 0.166 e. The van der Waals surface area contributed by atoms with Crippen LogP contribution >= 0.6 is 0 Å². The van der Waals surface area contributed by atoms with E-state index in [9.17, 15) is 9.18 Å². The molecule has 146 valence electrons. The number of hydrogen-bond acceptors (Lipinski definition) is 5. The van der Waals surface area contributed by atoms with Crippen LogP contribution in [0.4, 0.5) is 15.8 Å². The highest BCUT2D eigenvalue weighted by Gasteiger charge is 2.17. The molecule has 1 heterocycles. The maximum atomic E-state index is 13.5. The number of fused-ring (bicyclic) bond motifs is 1. The van der Waals surface area contributed by atoms with Crippen molar-refractivity contribution in [2.24, 2.45) is 0 Å². The normalized spacial score (nSPS) is 10.9. The van der Waals surface area contributed by atoms with Gasteiger partial charge in [-0.1, -0.05) is 6.92 Å². The molecular formula is C22H23FN2O3. The molecule has 2 N–H and O–H groups in total. The molecule has 0 fully saturated rings. The number of nitrogens with zero attached hydrogens (tertiary/aromatic N) is 1. The number of benzene rings is 2. The summed E-state index contributed by atoms with van der Waals surface area (Å²) in [7, 11) is 0. The zero-order valence-electron chi connectivity index (χ0n) is 16.0. The molecule has 28 heavy (non-hydrogen) atoms. The molecule has 3 rings (SSSR count). The number of aryl methyl sites for hydroxylation is 1. The van der Waals surface area contributed by atoms with E-state index in [1.807, 2.05) is 6.92 Å². The minimum atomic E-state index is -0.315. The Labute approximate surface area is 163 Å². The number of Topliss-reactive ketones (excluding diaryl/α,β-unsaturated/α-hetero) is 1. The quantitative estimate of drug-likeness (QED) is 0.549. The van der Waals surface area contributed by atoms with Gasteiger partial charge in [0, 0.05) is 23.7 Å². The molecule has 0 aliphatic carbocycles. The van der Waals surface area contributed by atoms with Crippen molar-refractivity contribution in [2.75, 3.05) is 18.5 Å². The van der Waals surface area contributed by atoms with Crippen LogP contribution in [0.3, 0.4) is 0 Å². The lowest BCUT2D eigenvalue weighted by Gasteiger charge is -2.16. The van der Waals surface area contributed by atoms with E-state index in [0.717, 1.165) is 17.4 Å². The molecule has 0 bridgehead atoms. The minimum absolute atomic E-state index is 0.0131. The van der Waals surface area contributed by atoms with Gasteiger partial charge in [0.05, 0.1) is 23.4 Å². The number of ketones is 1. The van der Waals surface area contributed by atoms with E-state index in [4.69, 9.17) is 9.84 Å². The number of pyridine rings is 1. The second-order valence-corrected chi connectivity index (χ2v) is 6.56. The van der Waals surface area contributed by atoms with Crippen molar-refractivity contribution in [3.05, 3.63) is 59.5 Å². The molecule has 1 aromatic heterocycles. The summed E-state index contributed by atoms with van der Waals surface area (Å²) in [6.45, 7) is 3.83. The van der Waals surface area contributed by atoms with Crippen molar-refractivity contribution < 1.29 is 19.0 Å². The van der Waals surface area contributed by atoms with Crippen molar-refractivity contribution in [3.63, 3.8) is 0 Å². The summed E-state index contributed by atoms with van der Waals surface area (Å²) in [5.74, 6) is 0.243. The van der Waals surface area contributed by atoms with Crippen LogP contribution in [0.25, 0.3) is 10.9 Å². The lowest BCUT2D eigenvalue weighted by atomic mass is 10.0. The first-order chi connectivity index (χ1) is 13.5. The molecule has 0 aliphatic rings. The molecule has 5 nitrogen and oxygen atoms in total. The monoisotopic (exact) mass is 382 g/mol. The van der Waals surface area contributed by atoms with Crippen molar-refractivity contribution in [2.45, 2.75) is 26.7 Å². The van der Waals surface area contributed by atoms with Gasteiger partial charge in [-0.15, -0.1) is 0 Å². The van der Waals surface area contributed by atoms with Crippen molar-refractivity contribution in [3.8, 4) is 5.75 Å². The number of rotatable bonds is 8. The Hall–Kier alpha value is -2.99.